The summed E-state index contributed by atoms with van der Waals surface area (Å²) in [5.41, 5.74) is 22.4. The number of rotatable bonds is 6. The van der Waals surface area contributed by atoms with Gasteiger partial charge >= 0.3 is 6.18 Å². The number of aromatic nitrogens is 4. The fraction of sp³-hybridized carbons (Fsp3) is 0.116. The first kappa shape index (κ1) is 60.8. The second-order valence-corrected chi connectivity index (χ2v) is 26.0. The van der Waals surface area contributed by atoms with Gasteiger partial charge in [0.2, 0.25) is 0 Å². The zero-order valence-electron chi connectivity index (χ0n) is 54.8. The molecule has 0 aliphatic heterocycles. The fourth-order valence-electron chi connectivity index (χ4n) is 14.7. The second-order valence-electron chi connectivity index (χ2n) is 26.0. The molecule has 97 heavy (non-hydrogen) atoms. The van der Waals surface area contributed by atoms with Gasteiger partial charge in [0.05, 0.1) is 114 Å². The molecule has 16 aromatic rings. The van der Waals surface area contributed by atoms with Gasteiger partial charge in [-0.15, -0.1) is 0 Å². The molecule has 12 aromatic carbocycles. The molecule has 0 saturated heterocycles. The first-order chi connectivity index (χ1) is 46.7. The summed E-state index contributed by atoms with van der Waals surface area (Å²) in [4.78, 5) is 3.34. The summed E-state index contributed by atoms with van der Waals surface area (Å²) in [6, 6.07) is 75.0. The predicted octanol–water partition coefficient (Wildman–Crippen LogP) is 23.1. The average molecular weight is 1260 g/mol. The number of hydrogen-bond acceptors (Lipinski definition) is 3. The molecule has 0 radical (unpaired) electrons. The van der Waals surface area contributed by atoms with Crippen LogP contribution >= 0.6 is 0 Å². The minimum Gasteiger partial charge on any atom is -0.308 e. The number of hydrogen-bond donors (Lipinski definition) is 0. The maximum atomic E-state index is 15.2. The Morgan fingerprint density at radius 1 is 0.309 bits per heavy atom. The van der Waals surface area contributed by atoms with Gasteiger partial charge in [-0.05, 0) is 207 Å². The molecular weight excluding hydrogens is 1200 g/mol. The van der Waals surface area contributed by atoms with Crippen molar-refractivity contribution in [1.29, 1.82) is 15.8 Å². The average Bonchev–Trinajstić information content (AvgIpc) is 1.63. The maximum Gasteiger partial charge on any atom is 0.415 e. The topological polar surface area (TPSA) is 95.4 Å². The van der Waals surface area contributed by atoms with Crippen LogP contribution in [0, 0.1) is 103 Å². The van der Waals surface area contributed by atoms with Gasteiger partial charge in [-0.2, -0.15) is 29.0 Å². The molecule has 0 unspecified atom stereocenters. The largest absolute Gasteiger partial charge is 0.415 e. The summed E-state index contributed by atoms with van der Waals surface area (Å²) in [5.74, 6) is 0. The Hall–Kier alpha value is -12.4. The molecule has 0 N–H and O–H groups in total. The normalized spacial score (nSPS) is 11.7. The first-order valence-electron chi connectivity index (χ1n) is 32.1. The van der Waals surface area contributed by atoms with Gasteiger partial charge in [-0.1, -0.05) is 117 Å². The van der Waals surface area contributed by atoms with Crippen LogP contribution < -0.4 is 0 Å². The molecule has 4 heterocycles. The standard InChI is InChI=1S/C43H29F3N4.C43H32N4/c1-24-6-12-36-31(16-24)32-17-25(2)7-13-37(32)49(36)40-20-28(23-47)21-41(42(40)30-11-10-29(48-5)22-35(30)43(44,45)46)50-38-14-8-26(3)18-33(38)34-19-27(4)9-15-39(34)50;1-25-6-11-32(31(16-25)24-45)43-41(46-37-12-7-26(2)17-33(37)34-18-27(3)8-13-38(34)46)21-30(23-44)22-42(43)47-39-14-9-28(4)19-35(39)36-20-29(5)10-15-40(36)47/h6-22H,1-4H3;6-22H,1-5H3. The Bertz CT molecular complexity index is 5760. The van der Waals surface area contributed by atoms with E-state index in [4.69, 9.17) is 6.57 Å². The summed E-state index contributed by atoms with van der Waals surface area (Å²) < 4.78 is 54.0. The lowest BCUT2D eigenvalue weighted by Gasteiger charge is -2.23. The SMILES string of the molecule is Cc1ccc(-c2c(-n3c4ccc(C)cc4c4cc(C)ccc43)cc(C#N)cc2-n2c3ccc(C)cc3c3cc(C)ccc32)c(C#N)c1.[C-]#[N+]c1ccc(-c2c(-n3c4ccc(C)cc4c4cc(C)ccc43)cc(C#N)cc2-n2c3ccc(C)cc3c3cc(C)ccc32)c(C(F)(F)F)c1. The molecule has 0 amide bonds. The Morgan fingerprint density at radius 2 is 0.557 bits per heavy atom. The third-order valence-corrected chi connectivity index (χ3v) is 19.0. The highest BCUT2D eigenvalue weighted by atomic mass is 19.4. The number of fused-ring (bicyclic) bond motifs is 12. The van der Waals surface area contributed by atoms with Gasteiger partial charge in [0.1, 0.15) is 0 Å². The van der Waals surface area contributed by atoms with E-state index < -0.39 is 11.7 Å². The van der Waals surface area contributed by atoms with Crippen molar-refractivity contribution >= 4 is 92.9 Å². The number of nitriles is 3. The number of halogens is 3. The van der Waals surface area contributed by atoms with Crippen LogP contribution in [0.5, 0.6) is 0 Å². The summed E-state index contributed by atoms with van der Waals surface area (Å²) in [7, 11) is 0. The summed E-state index contributed by atoms with van der Waals surface area (Å²) >= 11 is 0. The summed E-state index contributed by atoms with van der Waals surface area (Å²) in [5, 5.41) is 40.1. The Balaban J connectivity index is 0.000000159. The van der Waals surface area contributed by atoms with E-state index in [1.807, 2.05) is 110 Å². The Kier molecular flexibility index (Phi) is 14.4. The van der Waals surface area contributed by atoms with Crippen molar-refractivity contribution in [3.05, 3.63) is 290 Å². The van der Waals surface area contributed by atoms with Crippen LogP contribution in [0.1, 0.15) is 72.3 Å². The molecule has 11 heteroatoms. The Morgan fingerprint density at radius 3 is 0.804 bits per heavy atom. The summed E-state index contributed by atoms with van der Waals surface area (Å²) in [6.45, 7) is 26.1. The highest BCUT2D eigenvalue weighted by Gasteiger charge is 2.36. The van der Waals surface area contributed by atoms with Crippen molar-refractivity contribution in [1.82, 2.24) is 18.3 Å². The molecule has 0 bridgehead atoms. The molecule has 0 aliphatic carbocycles. The molecule has 0 aliphatic rings. The van der Waals surface area contributed by atoms with Crippen molar-refractivity contribution in [2.45, 2.75) is 68.5 Å². The van der Waals surface area contributed by atoms with E-state index in [0.29, 0.717) is 33.6 Å². The van der Waals surface area contributed by atoms with Gasteiger partial charge < -0.3 is 18.3 Å². The van der Waals surface area contributed by atoms with Crippen molar-refractivity contribution < 1.29 is 13.2 Å². The van der Waals surface area contributed by atoms with E-state index in [1.54, 1.807) is 12.1 Å². The number of nitrogens with zero attached hydrogens (tertiary/aromatic N) is 8. The minimum absolute atomic E-state index is 0.0807. The van der Waals surface area contributed by atoms with Gasteiger partial charge in [-0.25, -0.2) is 4.85 Å². The third kappa shape index (κ3) is 10.0. The van der Waals surface area contributed by atoms with Gasteiger partial charge in [0, 0.05) is 59.8 Å². The molecule has 8 nitrogen and oxygen atoms in total. The number of alkyl halides is 3. The van der Waals surface area contributed by atoms with Crippen LogP contribution in [-0.2, 0) is 6.18 Å². The Labute approximate surface area is 558 Å². The van der Waals surface area contributed by atoms with Crippen LogP contribution in [-0.4, -0.2) is 18.3 Å². The van der Waals surface area contributed by atoms with E-state index in [0.717, 1.165) is 144 Å². The molecule has 466 valence electrons. The van der Waals surface area contributed by atoms with Gasteiger partial charge in [-0.3, -0.25) is 0 Å². The van der Waals surface area contributed by atoms with E-state index in [-0.39, 0.29) is 11.3 Å². The third-order valence-electron chi connectivity index (χ3n) is 19.0. The van der Waals surface area contributed by atoms with E-state index in [9.17, 15) is 15.8 Å². The highest BCUT2D eigenvalue weighted by molar-refractivity contribution is 6.15. The molecule has 0 fully saturated rings. The lowest BCUT2D eigenvalue weighted by Crippen LogP contribution is -2.11. The molecule has 16 rings (SSSR count). The smallest absolute Gasteiger partial charge is 0.308 e. The highest BCUT2D eigenvalue weighted by Crippen LogP contribution is 2.49. The van der Waals surface area contributed by atoms with E-state index in [1.165, 1.54) is 34.4 Å². The van der Waals surface area contributed by atoms with Crippen LogP contribution in [0.2, 0.25) is 0 Å². The molecular formula is C86H61F3N8. The summed E-state index contributed by atoms with van der Waals surface area (Å²) in [6.07, 6.45) is -4.78. The lowest BCUT2D eigenvalue weighted by molar-refractivity contribution is -0.137. The molecule has 0 spiro atoms. The zero-order valence-corrected chi connectivity index (χ0v) is 54.8. The zero-order chi connectivity index (χ0) is 67.6. The van der Waals surface area contributed by atoms with E-state index in [2.05, 4.69) is 169 Å². The van der Waals surface area contributed by atoms with Crippen LogP contribution in [0.25, 0.3) is 137 Å². The van der Waals surface area contributed by atoms with Crippen molar-refractivity contribution in [3.63, 3.8) is 0 Å². The van der Waals surface area contributed by atoms with Gasteiger partial charge in [0.25, 0.3) is 0 Å². The molecule has 0 atom stereocenters. The minimum atomic E-state index is -4.78. The predicted molar refractivity (Wildman–Crippen MR) is 389 cm³/mol. The van der Waals surface area contributed by atoms with Crippen molar-refractivity contribution in [3.8, 4) is 63.2 Å². The fourth-order valence-corrected chi connectivity index (χ4v) is 14.7. The second kappa shape index (κ2) is 23.0. The molecule has 0 saturated carbocycles. The quantitative estimate of drug-likeness (QED) is 0.155. The lowest BCUT2D eigenvalue weighted by atomic mass is 9.93. The molecule has 4 aromatic heterocycles. The monoisotopic (exact) mass is 1260 g/mol. The van der Waals surface area contributed by atoms with Crippen molar-refractivity contribution in [2.24, 2.45) is 0 Å². The first-order valence-corrected chi connectivity index (χ1v) is 32.1. The van der Waals surface area contributed by atoms with Crippen LogP contribution in [0.15, 0.2) is 206 Å². The van der Waals surface area contributed by atoms with Crippen molar-refractivity contribution in [2.75, 3.05) is 0 Å². The van der Waals surface area contributed by atoms with E-state index >= 15 is 13.2 Å². The van der Waals surface area contributed by atoms with Crippen LogP contribution in [0.3, 0.4) is 0 Å². The number of aryl methyl sites for hydroxylation is 9. The number of benzene rings is 12. The van der Waals surface area contributed by atoms with Crippen LogP contribution in [0.4, 0.5) is 18.9 Å². The van der Waals surface area contributed by atoms with Gasteiger partial charge in [0.15, 0.2) is 5.69 Å². The maximum absolute atomic E-state index is 15.2.